The molecule has 0 saturated carbocycles. The number of carbonyl (C=O) groups excluding carboxylic acids is 3. The van der Waals surface area contributed by atoms with Crippen LogP contribution in [-0.2, 0) is 11.2 Å². The summed E-state index contributed by atoms with van der Waals surface area (Å²) in [5.74, 6) is 0.124. The molecule has 2 N–H and O–H groups in total. The number of aryl methyl sites for hydroxylation is 3. The first kappa shape index (κ1) is 19.4. The maximum Gasteiger partial charge on any atom is 0.273 e. The van der Waals surface area contributed by atoms with E-state index in [1.807, 2.05) is 12.1 Å². The molecule has 0 aliphatic rings. The predicted octanol–water partition coefficient (Wildman–Crippen LogP) is 3.27. The fourth-order valence-electron chi connectivity index (χ4n) is 2.63. The molecule has 0 aliphatic heterocycles. The molecular formula is C20H24N2O4. The van der Waals surface area contributed by atoms with Gasteiger partial charge in [0, 0.05) is 18.4 Å². The number of amides is 2. The molecular weight excluding hydrogens is 332 g/mol. The molecule has 0 spiro atoms. The van der Waals surface area contributed by atoms with Crippen molar-refractivity contribution in [2.75, 3.05) is 0 Å². The zero-order chi connectivity index (χ0) is 19.1. The Morgan fingerprint density at radius 1 is 1.00 bits per heavy atom. The van der Waals surface area contributed by atoms with Gasteiger partial charge < -0.3 is 4.42 Å². The van der Waals surface area contributed by atoms with E-state index in [2.05, 4.69) is 17.8 Å². The number of nitrogens with one attached hydrogen (secondary N) is 2. The van der Waals surface area contributed by atoms with E-state index in [-0.39, 0.29) is 18.6 Å². The molecule has 6 nitrogen and oxygen atoms in total. The lowest BCUT2D eigenvalue weighted by Gasteiger charge is -2.07. The standard InChI is InChI=1S/C20H24N2O4/c1-4-5-15-6-8-16(9-7-15)18(23)10-11-19(24)21-22-20(25)17-12-13(2)26-14(17)3/h6-9,12H,4-5,10-11H2,1-3H3,(H,21,24)(H,22,25). The highest BCUT2D eigenvalue weighted by molar-refractivity contribution is 5.99. The molecule has 0 atom stereocenters. The zero-order valence-corrected chi connectivity index (χ0v) is 15.3. The summed E-state index contributed by atoms with van der Waals surface area (Å²) < 4.78 is 5.28. The summed E-state index contributed by atoms with van der Waals surface area (Å²) >= 11 is 0. The summed E-state index contributed by atoms with van der Waals surface area (Å²) in [6.45, 7) is 5.52. The number of hydrogen-bond acceptors (Lipinski definition) is 4. The Morgan fingerprint density at radius 2 is 1.69 bits per heavy atom. The minimum absolute atomic E-state index is 0.000772. The number of ketones is 1. The third-order valence-corrected chi connectivity index (χ3v) is 3.99. The summed E-state index contributed by atoms with van der Waals surface area (Å²) in [7, 11) is 0. The minimum atomic E-state index is -0.453. The number of hydrogen-bond donors (Lipinski definition) is 2. The van der Waals surface area contributed by atoms with Crippen LogP contribution in [0, 0.1) is 13.8 Å². The number of furan rings is 1. The van der Waals surface area contributed by atoms with Gasteiger partial charge in [0.2, 0.25) is 5.91 Å². The van der Waals surface area contributed by atoms with Gasteiger partial charge in [0.05, 0.1) is 5.56 Å². The average molecular weight is 356 g/mol. The summed E-state index contributed by atoms with van der Waals surface area (Å²) in [6.07, 6.45) is 2.11. The summed E-state index contributed by atoms with van der Waals surface area (Å²) in [4.78, 5) is 36.0. The zero-order valence-electron chi connectivity index (χ0n) is 15.3. The molecule has 2 aromatic rings. The second kappa shape index (κ2) is 8.99. The van der Waals surface area contributed by atoms with Crippen LogP contribution < -0.4 is 10.9 Å². The second-order valence-electron chi connectivity index (χ2n) is 6.20. The molecule has 6 heteroatoms. The molecule has 0 saturated heterocycles. The first-order chi connectivity index (χ1) is 12.4. The lowest BCUT2D eigenvalue weighted by molar-refractivity contribution is -0.121. The van der Waals surface area contributed by atoms with Crippen LogP contribution in [0.15, 0.2) is 34.7 Å². The molecule has 2 amide bonds. The fourth-order valence-corrected chi connectivity index (χ4v) is 2.63. The third-order valence-electron chi connectivity index (χ3n) is 3.99. The SMILES string of the molecule is CCCc1ccc(C(=O)CCC(=O)NNC(=O)c2cc(C)oc2C)cc1. The topological polar surface area (TPSA) is 88.4 Å². The van der Waals surface area contributed by atoms with Crippen molar-refractivity contribution in [2.24, 2.45) is 0 Å². The van der Waals surface area contributed by atoms with Crippen LogP contribution >= 0.6 is 0 Å². The Morgan fingerprint density at radius 3 is 2.27 bits per heavy atom. The van der Waals surface area contributed by atoms with Gasteiger partial charge in [0.25, 0.3) is 5.91 Å². The van der Waals surface area contributed by atoms with Gasteiger partial charge in [-0.25, -0.2) is 0 Å². The number of rotatable bonds is 7. The van der Waals surface area contributed by atoms with E-state index >= 15 is 0 Å². The maximum atomic E-state index is 12.1. The van der Waals surface area contributed by atoms with Crippen LogP contribution in [0.25, 0.3) is 0 Å². The Kier molecular flexibility index (Phi) is 6.72. The van der Waals surface area contributed by atoms with E-state index in [0.717, 1.165) is 12.8 Å². The van der Waals surface area contributed by atoms with Gasteiger partial charge in [-0.05, 0) is 31.9 Å². The van der Waals surface area contributed by atoms with Crippen molar-refractivity contribution in [2.45, 2.75) is 46.5 Å². The van der Waals surface area contributed by atoms with Crippen molar-refractivity contribution in [3.8, 4) is 0 Å². The van der Waals surface area contributed by atoms with Gasteiger partial charge in [-0.1, -0.05) is 37.6 Å². The average Bonchev–Trinajstić information content (AvgIpc) is 2.97. The second-order valence-corrected chi connectivity index (χ2v) is 6.20. The first-order valence-corrected chi connectivity index (χ1v) is 8.69. The van der Waals surface area contributed by atoms with Gasteiger partial charge >= 0.3 is 0 Å². The van der Waals surface area contributed by atoms with Crippen LogP contribution in [0.1, 0.15) is 64.0 Å². The molecule has 138 valence electrons. The van der Waals surface area contributed by atoms with Crippen molar-refractivity contribution >= 4 is 17.6 Å². The highest BCUT2D eigenvalue weighted by Gasteiger charge is 2.15. The number of benzene rings is 1. The van der Waals surface area contributed by atoms with Crippen molar-refractivity contribution in [1.29, 1.82) is 0 Å². The van der Waals surface area contributed by atoms with Gasteiger partial charge in [-0.2, -0.15) is 0 Å². The Labute approximate surface area is 152 Å². The van der Waals surface area contributed by atoms with E-state index in [0.29, 0.717) is 22.6 Å². The van der Waals surface area contributed by atoms with Crippen molar-refractivity contribution in [3.05, 3.63) is 58.5 Å². The van der Waals surface area contributed by atoms with Crippen molar-refractivity contribution in [1.82, 2.24) is 10.9 Å². The largest absolute Gasteiger partial charge is 0.466 e. The van der Waals surface area contributed by atoms with E-state index in [4.69, 9.17) is 4.42 Å². The van der Waals surface area contributed by atoms with Gasteiger partial charge in [-0.15, -0.1) is 0 Å². The predicted molar refractivity (Wildman–Crippen MR) is 97.8 cm³/mol. The molecule has 26 heavy (non-hydrogen) atoms. The fraction of sp³-hybridized carbons (Fsp3) is 0.350. The van der Waals surface area contributed by atoms with Crippen molar-refractivity contribution < 1.29 is 18.8 Å². The normalized spacial score (nSPS) is 10.4. The molecule has 1 heterocycles. The molecule has 0 unspecified atom stereocenters. The lowest BCUT2D eigenvalue weighted by Crippen LogP contribution is -2.41. The highest BCUT2D eigenvalue weighted by atomic mass is 16.3. The molecule has 1 aromatic carbocycles. The summed E-state index contributed by atoms with van der Waals surface area (Å²) in [6, 6.07) is 9.05. The highest BCUT2D eigenvalue weighted by Crippen LogP contribution is 2.13. The van der Waals surface area contributed by atoms with Crippen LogP contribution in [0.4, 0.5) is 0 Å². The first-order valence-electron chi connectivity index (χ1n) is 8.69. The molecule has 2 rings (SSSR count). The molecule has 0 fully saturated rings. The molecule has 0 aliphatic carbocycles. The smallest absolute Gasteiger partial charge is 0.273 e. The molecule has 0 bridgehead atoms. The Hall–Kier alpha value is -2.89. The van der Waals surface area contributed by atoms with E-state index in [1.165, 1.54) is 5.56 Å². The number of carbonyl (C=O) groups is 3. The van der Waals surface area contributed by atoms with Gasteiger partial charge in [-0.3, -0.25) is 25.2 Å². The van der Waals surface area contributed by atoms with Crippen LogP contribution in [0.3, 0.4) is 0 Å². The van der Waals surface area contributed by atoms with Crippen LogP contribution in [0.5, 0.6) is 0 Å². The van der Waals surface area contributed by atoms with E-state index in [1.54, 1.807) is 32.0 Å². The van der Waals surface area contributed by atoms with Crippen LogP contribution in [-0.4, -0.2) is 17.6 Å². The van der Waals surface area contributed by atoms with E-state index in [9.17, 15) is 14.4 Å². The quantitative estimate of drug-likeness (QED) is 0.589. The minimum Gasteiger partial charge on any atom is -0.466 e. The molecule has 1 aromatic heterocycles. The lowest BCUT2D eigenvalue weighted by atomic mass is 10.0. The summed E-state index contributed by atoms with van der Waals surface area (Å²) in [5.41, 5.74) is 6.79. The summed E-state index contributed by atoms with van der Waals surface area (Å²) in [5, 5.41) is 0. The van der Waals surface area contributed by atoms with E-state index < -0.39 is 11.8 Å². The van der Waals surface area contributed by atoms with Gasteiger partial charge in [0.15, 0.2) is 5.78 Å². The third kappa shape index (κ3) is 5.31. The number of Topliss-reactive ketones (excluding diaryl/α,β-unsaturated/α-hetero) is 1. The Balaban J connectivity index is 1.78. The molecule has 0 radical (unpaired) electrons. The van der Waals surface area contributed by atoms with Gasteiger partial charge in [0.1, 0.15) is 11.5 Å². The Bertz CT molecular complexity index is 791. The maximum absolute atomic E-state index is 12.1. The van der Waals surface area contributed by atoms with Crippen LogP contribution in [0.2, 0.25) is 0 Å². The van der Waals surface area contributed by atoms with Crippen molar-refractivity contribution in [3.63, 3.8) is 0 Å². The monoisotopic (exact) mass is 356 g/mol. The number of hydrazine groups is 1.